The van der Waals surface area contributed by atoms with Gasteiger partial charge in [0.2, 0.25) is 0 Å². The molecule has 1 aromatic heterocycles. The third-order valence-electron chi connectivity index (χ3n) is 2.32. The van der Waals surface area contributed by atoms with Crippen LogP contribution in [0.4, 0.5) is 11.4 Å². The van der Waals surface area contributed by atoms with Gasteiger partial charge in [0.1, 0.15) is 0 Å². The minimum absolute atomic E-state index is 0.117. The normalized spacial score (nSPS) is 10.7. The van der Waals surface area contributed by atoms with E-state index in [1.54, 1.807) is 12.1 Å². The molecular weight excluding hydrogens is 212 g/mol. The van der Waals surface area contributed by atoms with Gasteiger partial charge in [-0.05, 0) is 12.5 Å². The molecule has 0 amide bonds. The molecule has 0 spiro atoms. The van der Waals surface area contributed by atoms with E-state index in [9.17, 15) is 10.1 Å². The van der Waals surface area contributed by atoms with Crippen molar-refractivity contribution in [3.8, 4) is 0 Å². The number of nitrogens with zero attached hydrogens (tertiary/aromatic N) is 1. The summed E-state index contributed by atoms with van der Waals surface area (Å²) in [7, 11) is 0. The Morgan fingerprint density at radius 1 is 1.53 bits per heavy atom. The molecule has 4 nitrogen and oxygen atoms in total. The predicted octanol–water partition coefficient (Wildman–Crippen LogP) is 2.95. The third kappa shape index (κ3) is 1.55. The van der Waals surface area contributed by atoms with Crippen molar-refractivity contribution in [1.29, 1.82) is 0 Å². The van der Waals surface area contributed by atoms with E-state index in [0.717, 1.165) is 27.1 Å². The van der Waals surface area contributed by atoms with Crippen LogP contribution in [-0.2, 0) is 6.42 Å². The fourth-order valence-corrected chi connectivity index (χ4v) is 2.63. The summed E-state index contributed by atoms with van der Waals surface area (Å²) >= 11 is 1.53. The molecule has 1 aromatic carbocycles. The van der Waals surface area contributed by atoms with E-state index in [1.165, 1.54) is 17.4 Å². The standard InChI is InChI=1S/C10H10N2O2S/c1-2-8-10(11)7-4-3-6(12(13)14)5-9(7)15-8/h3-5H,2,11H2,1H3. The molecule has 0 atom stereocenters. The fourth-order valence-electron chi connectivity index (χ4n) is 1.53. The number of thiophene rings is 1. The quantitative estimate of drug-likeness (QED) is 0.627. The van der Waals surface area contributed by atoms with Crippen LogP contribution in [0.1, 0.15) is 11.8 Å². The molecule has 0 aliphatic carbocycles. The summed E-state index contributed by atoms with van der Waals surface area (Å²) in [4.78, 5) is 11.3. The summed E-state index contributed by atoms with van der Waals surface area (Å²) in [6.45, 7) is 2.02. The number of anilines is 1. The maximum Gasteiger partial charge on any atom is 0.270 e. The Hall–Kier alpha value is -1.62. The van der Waals surface area contributed by atoms with Crippen LogP contribution in [0.3, 0.4) is 0 Å². The van der Waals surface area contributed by atoms with Crippen LogP contribution < -0.4 is 5.73 Å². The summed E-state index contributed by atoms with van der Waals surface area (Å²) in [6.07, 6.45) is 0.860. The van der Waals surface area contributed by atoms with Gasteiger partial charge in [0.05, 0.1) is 10.6 Å². The molecule has 0 saturated heterocycles. The van der Waals surface area contributed by atoms with E-state index in [0.29, 0.717) is 0 Å². The molecule has 0 unspecified atom stereocenters. The third-order valence-corrected chi connectivity index (χ3v) is 3.63. The van der Waals surface area contributed by atoms with Crippen molar-refractivity contribution in [2.45, 2.75) is 13.3 Å². The molecule has 0 radical (unpaired) electrons. The minimum Gasteiger partial charge on any atom is -0.397 e. The van der Waals surface area contributed by atoms with Crippen molar-refractivity contribution in [2.75, 3.05) is 5.73 Å². The van der Waals surface area contributed by atoms with Gasteiger partial charge in [-0.25, -0.2) is 0 Å². The Bertz CT molecular complexity index is 533. The fraction of sp³-hybridized carbons (Fsp3) is 0.200. The zero-order chi connectivity index (χ0) is 11.0. The van der Waals surface area contributed by atoms with Crippen molar-refractivity contribution < 1.29 is 4.92 Å². The lowest BCUT2D eigenvalue weighted by molar-refractivity contribution is -0.384. The average Bonchev–Trinajstić information content (AvgIpc) is 2.55. The number of nitro benzene ring substituents is 1. The highest BCUT2D eigenvalue weighted by Gasteiger charge is 2.12. The highest BCUT2D eigenvalue weighted by Crippen LogP contribution is 2.35. The van der Waals surface area contributed by atoms with Crippen LogP contribution in [0.15, 0.2) is 18.2 Å². The summed E-state index contributed by atoms with van der Waals surface area (Å²) in [5, 5.41) is 11.5. The van der Waals surface area contributed by atoms with Crippen LogP contribution >= 0.6 is 11.3 Å². The highest BCUT2D eigenvalue weighted by atomic mass is 32.1. The number of nitrogen functional groups attached to an aromatic ring is 1. The molecule has 0 fully saturated rings. The van der Waals surface area contributed by atoms with E-state index >= 15 is 0 Å². The van der Waals surface area contributed by atoms with Crippen molar-refractivity contribution in [3.63, 3.8) is 0 Å². The smallest absolute Gasteiger partial charge is 0.270 e. The van der Waals surface area contributed by atoms with Crippen LogP contribution in [0, 0.1) is 10.1 Å². The van der Waals surface area contributed by atoms with Gasteiger partial charge >= 0.3 is 0 Å². The first-order chi connectivity index (χ1) is 7.13. The Balaban J connectivity index is 2.68. The minimum atomic E-state index is -0.388. The second kappa shape index (κ2) is 3.51. The summed E-state index contributed by atoms with van der Waals surface area (Å²) < 4.78 is 0.888. The van der Waals surface area contributed by atoms with Gasteiger partial charge in [0, 0.05) is 27.1 Å². The van der Waals surface area contributed by atoms with E-state index < -0.39 is 0 Å². The van der Waals surface area contributed by atoms with E-state index in [-0.39, 0.29) is 10.6 Å². The lowest BCUT2D eigenvalue weighted by Crippen LogP contribution is -1.88. The number of nitrogens with two attached hydrogens (primary N) is 1. The number of nitro groups is 1. The molecule has 1 heterocycles. The number of aryl methyl sites for hydroxylation is 1. The van der Waals surface area contributed by atoms with Crippen LogP contribution in [0.2, 0.25) is 0 Å². The molecule has 15 heavy (non-hydrogen) atoms. The van der Waals surface area contributed by atoms with Gasteiger partial charge in [-0.15, -0.1) is 11.3 Å². The Kier molecular flexibility index (Phi) is 2.32. The first-order valence-electron chi connectivity index (χ1n) is 4.58. The second-order valence-electron chi connectivity index (χ2n) is 3.23. The number of benzene rings is 1. The number of hydrogen-bond donors (Lipinski definition) is 1. The van der Waals surface area contributed by atoms with Gasteiger partial charge in [0.25, 0.3) is 5.69 Å². The van der Waals surface area contributed by atoms with Crippen LogP contribution in [-0.4, -0.2) is 4.92 Å². The Morgan fingerprint density at radius 2 is 2.27 bits per heavy atom. The van der Waals surface area contributed by atoms with Crippen molar-refractivity contribution in [1.82, 2.24) is 0 Å². The van der Waals surface area contributed by atoms with Gasteiger partial charge in [-0.3, -0.25) is 10.1 Å². The lowest BCUT2D eigenvalue weighted by atomic mass is 10.2. The van der Waals surface area contributed by atoms with Crippen molar-refractivity contribution in [3.05, 3.63) is 33.2 Å². The molecule has 5 heteroatoms. The molecular formula is C10H10N2O2S. The SMILES string of the molecule is CCc1sc2cc([N+](=O)[O-])ccc2c1N. The first-order valence-corrected chi connectivity index (χ1v) is 5.40. The average molecular weight is 222 g/mol. The Labute approximate surface area is 90.5 Å². The maximum atomic E-state index is 10.6. The van der Waals surface area contributed by atoms with Gasteiger partial charge in [-0.1, -0.05) is 6.92 Å². The highest BCUT2D eigenvalue weighted by molar-refractivity contribution is 7.19. The van der Waals surface area contributed by atoms with Crippen molar-refractivity contribution >= 4 is 32.8 Å². The van der Waals surface area contributed by atoms with E-state index in [4.69, 9.17) is 5.73 Å². The molecule has 0 bridgehead atoms. The van der Waals surface area contributed by atoms with E-state index in [1.807, 2.05) is 6.92 Å². The van der Waals surface area contributed by atoms with Gasteiger partial charge < -0.3 is 5.73 Å². The van der Waals surface area contributed by atoms with Crippen LogP contribution in [0.5, 0.6) is 0 Å². The number of rotatable bonds is 2. The monoisotopic (exact) mass is 222 g/mol. The molecule has 0 aliphatic heterocycles. The predicted molar refractivity (Wildman–Crippen MR) is 62.3 cm³/mol. The lowest BCUT2D eigenvalue weighted by Gasteiger charge is -1.93. The summed E-state index contributed by atoms with van der Waals surface area (Å²) in [5.41, 5.74) is 6.79. The largest absolute Gasteiger partial charge is 0.397 e. The topological polar surface area (TPSA) is 69.2 Å². The number of non-ortho nitro benzene ring substituents is 1. The maximum absolute atomic E-state index is 10.6. The molecule has 2 rings (SSSR count). The van der Waals surface area contributed by atoms with Crippen molar-refractivity contribution in [2.24, 2.45) is 0 Å². The van der Waals surface area contributed by atoms with E-state index in [2.05, 4.69) is 0 Å². The number of hydrogen-bond acceptors (Lipinski definition) is 4. The van der Waals surface area contributed by atoms with Gasteiger partial charge in [0.15, 0.2) is 0 Å². The molecule has 2 aromatic rings. The molecule has 0 aliphatic rings. The Morgan fingerprint density at radius 3 is 2.87 bits per heavy atom. The zero-order valence-corrected chi connectivity index (χ0v) is 9.00. The molecule has 78 valence electrons. The second-order valence-corrected chi connectivity index (χ2v) is 4.37. The molecule has 0 saturated carbocycles. The summed E-state index contributed by atoms with van der Waals surface area (Å²) in [6, 6.07) is 4.79. The van der Waals surface area contributed by atoms with Gasteiger partial charge in [-0.2, -0.15) is 0 Å². The van der Waals surface area contributed by atoms with Crippen LogP contribution in [0.25, 0.3) is 10.1 Å². The molecule has 2 N–H and O–H groups in total. The zero-order valence-electron chi connectivity index (χ0n) is 8.19. The first kappa shape index (κ1) is 9.92. The number of fused-ring (bicyclic) bond motifs is 1. The summed E-state index contributed by atoms with van der Waals surface area (Å²) in [5.74, 6) is 0.